The van der Waals surface area contributed by atoms with Crippen molar-refractivity contribution in [3.05, 3.63) is 73.1 Å². The van der Waals surface area contributed by atoms with Gasteiger partial charge in [0.2, 0.25) is 5.91 Å². The zero-order chi connectivity index (χ0) is 22.9. The van der Waals surface area contributed by atoms with Gasteiger partial charge in [-0.25, -0.2) is 0 Å². The number of benzene rings is 2. The van der Waals surface area contributed by atoms with Crippen LogP contribution in [0.25, 0.3) is 0 Å². The molecule has 1 saturated heterocycles. The molecule has 1 N–H and O–H groups in total. The first kappa shape index (κ1) is 22.9. The number of aromatic nitrogens is 2. The van der Waals surface area contributed by atoms with E-state index in [1.165, 1.54) is 11.8 Å². The Labute approximate surface area is 197 Å². The number of ether oxygens (including phenoxy) is 1. The van der Waals surface area contributed by atoms with Gasteiger partial charge in [-0.3, -0.25) is 9.69 Å². The first-order valence-corrected chi connectivity index (χ1v) is 11.8. The Morgan fingerprint density at radius 1 is 1.09 bits per heavy atom. The molecule has 0 spiro atoms. The predicted octanol–water partition coefficient (Wildman–Crippen LogP) is 3.69. The van der Waals surface area contributed by atoms with Crippen LogP contribution in [0.4, 0.5) is 11.4 Å². The smallest absolute Gasteiger partial charge is 0.277 e. The highest BCUT2D eigenvalue weighted by Crippen LogP contribution is 2.27. The largest absolute Gasteiger partial charge is 0.484 e. The SMILES string of the molecule is C=CCN1CCN(c2ccccc2NC(=O)CSc2nnc(COc3ccccc3)o2)CC1. The van der Waals surface area contributed by atoms with E-state index in [4.69, 9.17) is 9.15 Å². The molecule has 2 aromatic carbocycles. The highest BCUT2D eigenvalue weighted by molar-refractivity contribution is 7.99. The van der Waals surface area contributed by atoms with Gasteiger partial charge in [0.05, 0.1) is 17.1 Å². The van der Waals surface area contributed by atoms with Gasteiger partial charge in [-0.05, 0) is 24.3 Å². The molecule has 1 amide bonds. The summed E-state index contributed by atoms with van der Waals surface area (Å²) in [6, 6.07) is 17.3. The standard InChI is InChI=1S/C24H27N5O3S/c1-2-12-28-13-15-29(16-14-28)21-11-7-6-10-20(21)25-22(30)18-33-24-27-26-23(32-24)17-31-19-8-4-3-5-9-19/h2-11H,1,12-18H2,(H,25,30). The molecular weight excluding hydrogens is 438 g/mol. The number of hydrogen-bond acceptors (Lipinski definition) is 8. The van der Waals surface area contributed by atoms with Crippen molar-refractivity contribution < 1.29 is 13.9 Å². The summed E-state index contributed by atoms with van der Waals surface area (Å²) >= 11 is 1.20. The van der Waals surface area contributed by atoms with Crippen molar-refractivity contribution in [3.63, 3.8) is 0 Å². The molecule has 0 radical (unpaired) electrons. The first-order chi connectivity index (χ1) is 16.2. The molecule has 1 aliphatic rings. The van der Waals surface area contributed by atoms with E-state index in [2.05, 4.69) is 31.9 Å². The number of rotatable bonds is 10. The molecule has 8 nitrogen and oxygen atoms in total. The summed E-state index contributed by atoms with van der Waals surface area (Å²) in [7, 11) is 0. The second-order valence-electron chi connectivity index (χ2n) is 7.49. The van der Waals surface area contributed by atoms with Gasteiger partial charge in [-0.2, -0.15) is 0 Å². The highest BCUT2D eigenvalue weighted by atomic mass is 32.2. The number of amides is 1. The fraction of sp³-hybridized carbons (Fsp3) is 0.292. The third-order valence-electron chi connectivity index (χ3n) is 5.16. The van der Waals surface area contributed by atoms with Crippen LogP contribution in [0.1, 0.15) is 5.89 Å². The van der Waals surface area contributed by atoms with Crippen LogP contribution < -0.4 is 15.0 Å². The molecular formula is C24H27N5O3S. The Bertz CT molecular complexity index is 1050. The molecule has 0 atom stereocenters. The van der Waals surface area contributed by atoms with Crippen LogP contribution in [0.2, 0.25) is 0 Å². The summed E-state index contributed by atoms with van der Waals surface area (Å²) < 4.78 is 11.2. The van der Waals surface area contributed by atoms with Gasteiger partial charge in [0.1, 0.15) is 5.75 Å². The number of carbonyl (C=O) groups is 1. The van der Waals surface area contributed by atoms with E-state index in [-0.39, 0.29) is 18.3 Å². The molecule has 2 heterocycles. The van der Waals surface area contributed by atoms with Crippen molar-refractivity contribution in [2.24, 2.45) is 0 Å². The third kappa shape index (κ3) is 6.59. The van der Waals surface area contributed by atoms with Gasteiger partial charge in [0.15, 0.2) is 6.61 Å². The van der Waals surface area contributed by atoms with Gasteiger partial charge in [0.25, 0.3) is 11.1 Å². The molecule has 1 aromatic heterocycles. The highest BCUT2D eigenvalue weighted by Gasteiger charge is 2.19. The number of nitrogens with one attached hydrogen (secondary N) is 1. The number of piperazine rings is 1. The lowest BCUT2D eigenvalue weighted by molar-refractivity contribution is -0.113. The van der Waals surface area contributed by atoms with Crippen LogP contribution >= 0.6 is 11.8 Å². The first-order valence-electron chi connectivity index (χ1n) is 10.8. The molecule has 0 saturated carbocycles. The van der Waals surface area contributed by atoms with Crippen LogP contribution in [0.3, 0.4) is 0 Å². The summed E-state index contributed by atoms with van der Waals surface area (Å²) in [6.45, 7) is 8.65. The second-order valence-corrected chi connectivity index (χ2v) is 8.42. The molecule has 172 valence electrons. The van der Waals surface area contributed by atoms with Crippen molar-refractivity contribution in [3.8, 4) is 5.75 Å². The van der Waals surface area contributed by atoms with E-state index in [0.717, 1.165) is 49.8 Å². The van der Waals surface area contributed by atoms with E-state index in [1.54, 1.807) is 0 Å². The summed E-state index contributed by atoms with van der Waals surface area (Å²) in [5.41, 5.74) is 1.84. The molecule has 0 bridgehead atoms. The minimum atomic E-state index is -0.127. The number of para-hydroxylation sites is 3. The molecule has 33 heavy (non-hydrogen) atoms. The van der Waals surface area contributed by atoms with E-state index < -0.39 is 0 Å². The van der Waals surface area contributed by atoms with Crippen molar-refractivity contribution in [1.82, 2.24) is 15.1 Å². The lowest BCUT2D eigenvalue weighted by Crippen LogP contribution is -2.46. The van der Waals surface area contributed by atoms with Crippen LogP contribution in [-0.2, 0) is 11.4 Å². The van der Waals surface area contributed by atoms with Gasteiger partial charge < -0.3 is 19.4 Å². The molecule has 1 fully saturated rings. The van der Waals surface area contributed by atoms with E-state index >= 15 is 0 Å². The summed E-state index contributed by atoms with van der Waals surface area (Å²) in [4.78, 5) is 17.3. The van der Waals surface area contributed by atoms with E-state index in [9.17, 15) is 4.79 Å². The number of nitrogens with zero attached hydrogens (tertiary/aromatic N) is 4. The Balaban J connectivity index is 1.27. The van der Waals surface area contributed by atoms with Crippen molar-refractivity contribution in [1.29, 1.82) is 0 Å². The average molecular weight is 466 g/mol. The van der Waals surface area contributed by atoms with Crippen LogP contribution in [0, 0.1) is 0 Å². The van der Waals surface area contributed by atoms with Crippen molar-refractivity contribution >= 4 is 29.0 Å². The number of carbonyl (C=O) groups excluding carboxylic acids is 1. The number of thioether (sulfide) groups is 1. The van der Waals surface area contributed by atoms with Crippen molar-refractivity contribution in [2.45, 2.75) is 11.8 Å². The molecule has 0 aliphatic carbocycles. The quantitative estimate of drug-likeness (QED) is 0.359. The minimum Gasteiger partial charge on any atom is -0.484 e. The van der Waals surface area contributed by atoms with Gasteiger partial charge in [0, 0.05) is 32.7 Å². The van der Waals surface area contributed by atoms with E-state index in [0.29, 0.717) is 11.1 Å². The fourth-order valence-corrected chi connectivity index (χ4v) is 4.12. The van der Waals surface area contributed by atoms with Gasteiger partial charge >= 0.3 is 0 Å². The lowest BCUT2D eigenvalue weighted by atomic mass is 10.2. The third-order valence-corrected chi connectivity index (χ3v) is 5.98. The molecule has 3 aromatic rings. The maximum atomic E-state index is 12.6. The molecule has 0 unspecified atom stereocenters. The zero-order valence-electron chi connectivity index (χ0n) is 18.4. The summed E-state index contributed by atoms with van der Waals surface area (Å²) in [5.74, 6) is 1.13. The second kappa shape index (κ2) is 11.5. The number of hydrogen-bond donors (Lipinski definition) is 1. The van der Waals surface area contributed by atoms with Crippen LogP contribution in [-0.4, -0.2) is 59.5 Å². The Morgan fingerprint density at radius 3 is 2.64 bits per heavy atom. The molecule has 4 rings (SSSR count). The minimum absolute atomic E-state index is 0.127. The number of anilines is 2. The molecule has 1 aliphatic heterocycles. The predicted molar refractivity (Wildman–Crippen MR) is 130 cm³/mol. The lowest BCUT2D eigenvalue weighted by Gasteiger charge is -2.36. The van der Waals surface area contributed by atoms with Gasteiger partial charge in [-0.1, -0.05) is 48.2 Å². The topological polar surface area (TPSA) is 83.7 Å². The van der Waals surface area contributed by atoms with Crippen LogP contribution in [0.5, 0.6) is 5.75 Å². The Morgan fingerprint density at radius 2 is 1.85 bits per heavy atom. The Kier molecular flexibility index (Phi) is 7.99. The van der Waals surface area contributed by atoms with Crippen molar-refractivity contribution in [2.75, 3.05) is 48.7 Å². The monoisotopic (exact) mass is 465 g/mol. The Hall–Kier alpha value is -3.30. The maximum Gasteiger partial charge on any atom is 0.277 e. The molecule has 9 heteroatoms. The zero-order valence-corrected chi connectivity index (χ0v) is 19.2. The van der Waals surface area contributed by atoms with Gasteiger partial charge in [-0.15, -0.1) is 16.8 Å². The van der Waals surface area contributed by atoms with E-state index in [1.807, 2.05) is 60.7 Å². The average Bonchev–Trinajstić information content (AvgIpc) is 3.31. The van der Waals surface area contributed by atoms with Crippen LogP contribution in [0.15, 0.2) is 76.9 Å². The normalized spacial score (nSPS) is 14.1. The summed E-state index contributed by atoms with van der Waals surface area (Å²) in [5, 5.41) is 11.3. The summed E-state index contributed by atoms with van der Waals surface area (Å²) in [6.07, 6.45) is 1.93. The maximum absolute atomic E-state index is 12.6. The fourth-order valence-electron chi connectivity index (χ4n) is 3.54.